The van der Waals surface area contributed by atoms with E-state index in [1.807, 2.05) is 31.2 Å². The van der Waals surface area contributed by atoms with Crippen LogP contribution < -0.4 is 21.3 Å². The first kappa shape index (κ1) is 27.2. The Morgan fingerprint density at radius 1 is 0.946 bits per heavy atom. The number of hydrogen-bond donors (Lipinski definition) is 4. The van der Waals surface area contributed by atoms with E-state index in [9.17, 15) is 14.4 Å². The van der Waals surface area contributed by atoms with Crippen molar-refractivity contribution in [3.8, 4) is 11.1 Å². The third-order valence-corrected chi connectivity index (χ3v) is 4.99. The second-order valence-corrected chi connectivity index (χ2v) is 9.03. The van der Waals surface area contributed by atoms with Crippen molar-refractivity contribution >= 4 is 34.8 Å². The highest BCUT2D eigenvalue weighted by molar-refractivity contribution is 6.00. The third-order valence-electron chi connectivity index (χ3n) is 4.99. The van der Waals surface area contributed by atoms with E-state index in [-0.39, 0.29) is 25.7 Å². The molecule has 11 nitrogen and oxygen atoms in total. The van der Waals surface area contributed by atoms with E-state index in [0.29, 0.717) is 12.4 Å². The van der Waals surface area contributed by atoms with Gasteiger partial charge in [-0.3, -0.25) is 10.3 Å². The van der Waals surface area contributed by atoms with Crippen molar-refractivity contribution in [3.63, 3.8) is 0 Å². The van der Waals surface area contributed by atoms with Gasteiger partial charge in [-0.15, -0.1) is 0 Å². The van der Waals surface area contributed by atoms with Crippen molar-refractivity contribution in [2.24, 2.45) is 0 Å². The van der Waals surface area contributed by atoms with E-state index in [1.54, 1.807) is 45.4 Å². The maximum absolute atomic E-state index is 12.2. The molecule has 0 saturated carbocycles. The quantitative estimate of drug-likeness (QED) is 0.334. The van der Waals surface area contributed by atoms with Crippen LogP contribution in [0, 0.1) is 0 Å². The van der Waals surface area contributed by atoms with Gasteiger partial charge >= 0.3 is 18.2 Å². The standard InChI is InChI=1S/C26H32N6O5/c1-5-28-23(33)32-22-14-20-19(17-8-10-27-11-9-17)7-6-18(21(20)16-30-22)15-31-24(34)36-13-12-29-25(35)37-26(2,3)4/h6-11,14,16H,5,12-13,15H2,1-4H3,(H,29,35)(H,31,34)(H2,28,30,32,33). The Bertz CT molecular complexity index is 1240. The van der Waals surface area contributed by atoms with Gasteiger partial charge in [0, 0.05) is 37.1 Å². The molecule has 0 fully saturated rings. The minimum Gasteiger partial charge on any atom is -0.448 e. The molecule has 0 bridgehead atoms. The summed E-state index contributed by atoms with van der Waals surface area (Å²) in [6.07, 6.45) is 3.87. The Labute approximate surface area is 215 Å². The third kappa shape index (κ3) is 8.34. The number of fused-ring (bicyclic) bond motifs is 1. The Kier molecular flexibility index (Phi) is 9.20. The Balaban J connectivity index is 1.69. The van der Waals surface area contributed by atoms with Gasteiger partial charge in [0.05, 0.1) is 6.54 Å². The average molecular weight is 509 g/mol. The molecule has 3 aromatic rings. The Hall–Kier alpha value is -4.41. The SMILES string of the molecule is CCNC(=O)Nc1cc2c(-c3ccncc3)ccc(CNC(=O)OCCNC(=O)OC(C)(C)C)c2cn1. The number of nitrogens with zero attached hydrogens (tertiary/aromatic N) is 2. The summed E-state index contributed by atoms with van der Waals surface area (Å²) in [5.41, 5.74) is 2.09. The van der Waals surface area contributed by atoms with Crippen molar-refractivity contribution in [2.45, 2.75) is 39.8 Å². The number of ether oxygens (including phenoxy) is 2. The van der Waals surface area contributed by atoms with Gasteiger partial charge in [0.25, 0.3) is 0 Å². The molecule has 0 spiro atoms. The molecule has 3 rings (SSSR count). The molecule has 4 amide bonds. The number of pyridine rings is 2. The molecule has 1 aromatic carbocycles. The Morgan fingerprint density at radius 3 is 2.41 bits per heavy atom. The van der Waals surface area contributed by atoms with Crippen LogP contribution in [0.3, 0.4) is 0 Å². The molecule has 2 aromatic heterocycles. The molecule has 4 N–H and O–H groups in total. The lowest BCUT2D eigenvalue weighted by Crippen LogP contribution is -2.35. The maximum Gasteiger partial charge on any atom is 0.407 e. The summed E-state index contributed by atoms with van der Waals surface area (Å²) >= 11 is 0. The minimum atomic E-state index is -0.625. The molecule has 2 heterocycles. The second-order valence-electron chi connectivity index (χ2n) is 9.03. The summed E-state index contributed by atoms with van der Waals surface area (Å²) in [4.78, 5) is 44.3. The van der Waals surface area contributed by atoms with E-state index >= 15 is 0 Å². The molecular formula is C26H32N6O5. The molecule has 0 aliphatic heterocycles. The average Bonchev–Trinajstić information content (AvgIpc) is 2.84. The predicted molar refractivity (Wildman–Crippen MR) is 140 cm³/mol. The van der Waals surface area contributed by atoms with Gasteiger partial charge in [0.15, 0.2) is 0 Å². The van der Waals surface area contributed by atoms with Crippen molar-refractivity contribution in [3.05, 3.63) is 54.5 Å². The van der Waals surface area contributed by atoms with Gasteiger partial charge in [0.2, 0.25) is 0 Å². The van der Waals surface area contributed by atoms with E-state index in [0.717, 1.165) is 27.5 Å². The van der Waals surface area contributed by atoms with Crippen LogP contribution >= 0.6 is 0 Å². The van der Waals surface area contributed by atoms with Gasteiger partial charge < -0.3 is 25.4 Å². The molecule has 0 radical (unpaired) electrons. The zero-order valence-corrected chi connectivity index (χ0v) is 21.4. The smallest absolute Gasteiger partial charge is 0.407 e. The van der Waals surface area contributed by atoms with Gasteiger partial charge in [-0.2, -0.15) is 0 Å². The van der Waals surface area contributed by atoms with Crippen molar-refractivity contribution < 1.29 is 23.9 Å². The fourth-order valence-corrected chi connectivity index (χ4v) is 3.45. The summed E-state index contributed by atoms with van der Waals surface area (Å²) in [6, 6.07) is 9.09. The first-order valence-corrected chi connectivity index (χ1v) is 11.9. The predicted octanol–water partition coefficient (Wildman–Crippen LogP) is 4.19. The first-order valence-electron chi connectivity index (χ1n) is 11.9. The van der Waals surface area contributed by atoms with Crippen molar-refractivity contribution in [1.29, 1.82) is 0 Å². The first-order chi connectivity index (χ1) is 17.7. The normalized spacial score (nSPS) is 10.9. The van der Waals surface area contributed by atoms with Crippen LogP contribution in [0.2, 0.25) is 0 Å². The fraction of sp³-hybridized carbons (Fsp3) is 0.346. The molecule has 0 atom stereocenters. The van der Waals surface area contributed by atoms with Crippen LogP contribution in [-0.4, -0.2) is 53.5 Å². The largest absolute Gasteiger partial charge is 0.448 e. The lowest BCUT2D eigenvalue weighted by Gasteiger charge is -2.19. The molecule has 0 saturated heterocycles. The number of nitrogens with one attached hydrogen (secondary N) is 4. The van der Waals surface area contributed by atoms with Crippen molar-refractivity contribution in [1.82, 2.24) is 25.9 Å². The van der Waals surface area contributed by atoms with Gasteiger partial charge in [-0.25, -0.2) is 19.4 Å². The lowest BCUT2D eigenvalue weighted by atomic mass is 9.96. The van der Waals surface area contributed by atoms with Crippen LogP contribution in [-0.2, 0) is 16.0 Å². The number of amides is 4. The summed E-state index contributed by atoms with van der Waals surface area (Å²) in [7, 11) is 0. The van der Waals surface area contributed by atoms with E-state index in [4.69, 9.17) is 9.47 Å². The molecular weight excluding hydrogens is 476 g/mol. The monoisotopic (exact) mass is 508 g/mol. The zero-order valence-electron chi connectivity index (χ0n) is 21.4. The second kappa shape index (κ2) is 12.5. The lowest BCUT2D eigenvalue weighted by molar-refractivity contribution is 0.0511. The van der Waals surface area contributed by atoms with Crippen LogP contribution in [0.4, 0.5) is 20.2 Å². The molecule has 11 heteroatoms. The molecule has 0 aliphatic rings. The van der Waals surface area contributed by atoms with Gasteiger partial charge in [-0.05, 0) is 68.0 Å². The Morgan fingerprint density at radius 2 is 1.70 bits per heavy atom. The maximum atomic E-state index is 12.2. The van der Waals surface area contributed by atoms with E-state index in [1.165, 1.54) is 0 Å². The summed E-state index contributed by atoms with van der Waals surface area (Å²) < 4.78 is 10.3. The number of alkyl carbamates (subject to hydrolysis) is 2. The van der Waals surface area contributed by atoms with Crippen LogP contribution in [0.15, 0.2) is 48.9 Å². The number of carbonyl (C=O) groups excluding carboxylic acids is 3. The molecule has 196 valence electrons. The number of anilines is 1. The topological polar surface area (TPSA) is 144 Å². The van der Waals surface area contributed by atoms with Crippen LogP contribution in [0.1, 0.15) is 33.3 Å². The molecule has 37 heavy (non-hydrogen) atoms. The van der Waals surface area contributed by atoms with Crippen molar-refractivity contribution in [2.75, 3.05) is 25.0 Å². The highest BCUT2D eigenvalue weighted by Gasteiger charge is 2.16. The molecule has 0 aliphatic carbocycles. The van der Waals surface area contributed by atoms with Gasteiger partial charge in [-0.1, -0.05) is 12.1 Å². The number of hydrogen-bond acceptors (Lipinski definition) is 7. The van der Waals surface area contributed by atoms with Crippen LogP contribution in [0.25, 0.3) is 21.9 Å². The number of carbonyl (C=O) groups is 3. The number of aromatic nitrogens is 2. The van der Waals surface area contributed by atoms with E-state index in [2.05, 4.69) is 31.2 Å². The summed E-state index contributed by atoms with van der Waals surface area (Å²) in [6.45, 7) is 7.91. The van der Waals surface area contributed by atoms with Gasteiger partial charge in [0.1, 0.15) is 18.0 Å². The summed E-state index contributed by atoms with van der Waals surface area (Å²) in [5.74, 6) is 0.399. The minimum absolute atomic E-state index is 0.0107. The number of benzene rings is 1. The van der Waals surface area contributed by atoms with Crippen LogP contribution in [0.5, 0.6) is 0 Å². The highest BCUT2D eigenvalue weighted by atomic mass is 16.6. The number of urea groups is 1. The number of rotatable bonds is 8. The molecule has 0 unspecified atom stereocenters. The highest BCUT2D eigenvalue weighted by Crippen LogP contribution is 2.31. The summed E-state index contributed by atoms with van der Waals surface area (Å²) in [5, 5.41) is 12.3. The fourth-order valence-electron chi connectivity index (χ4n) is 3.45. The van der Waals surface area contributed by atoms with E-state index < -0.39 is 17.8 Å². The zero-order chi connectivity index (χ0) is 26.8.